The van der Waals surface area contributed by atoms with Gasteiger partial charge in [0, 0.05) is 6.42 Å². The Bertz CT molecular complexity index is 645. The average molecular weight is 393 g/mol. The molecule has 0 radical (unpaired) electrons. The monoisotopic (exact) mass is 392 g/mol. The first-order valence-electron chi connectivity index (χ1n) is 9.86. The summed E-state index contributed by atoms with van der Waals surface area (Å²) in [5, 5.41) is 10.2. The summed E-state index contributed by atoms with van der Waals surface area (Å²) in [6, 6.07) is 8.56. The number of unbranched alkanes of at least 4 members (excludes halogenated alkanes) is 1. The van der Waals surface area contributed by atoms with E-state index in [4.69, 9.17) is 11.6 Å². The van der Waals surface area contributed by atoms with E-state index in [1.54, 1.807) is 0 Å². The van der Waals surface area contributed by atoms with E-state index in [0.29, 0.717) is 12.8 Å². The largest absolute Gasteiger partial charge is 0.469 e. The zero-order chi connectivity index (χ0) is 20.1. The van der Waals surface area contributed by atoms with Gasteiger partial charge in [0.2, 0.25) is 0 Å². The summed E-state index contributed by atoms with van der Waals surface area (Å²) in [5.41, 5.74) is 2.49. The molecule has 3 atom stereocenters. The first-order chi connectivity index (χ1) is 12.7. The zero-order valence-electron chi connectivity index (χ0n) is 17.0. The smallest absolute Gasteiger partial charge is 0.305 e. The van der Waals surface area contributed by atoms with Crippen molar-refractivity contribution in [3.8, 4) is 0 Å². The summed E-state index contributed by atoms with van der Waals surface area (Å²) in [4.78, 5) is 10.6. The van der Waals surface area contributed by atoms with Gasteiger partial charge in [0.25, 0.3) is 0 Å². The number of carbonyl (C=O) groups excluding carboxylic acids is 1. The molecule has 0 aromatic heterocycles. The summed E-state index contributed by atoms with van der Waals surface area (Å²) in [6.07, 6.45) is 8.11. The normalized spacial score (nSPS) is 25.9. The first kappa shape index (κ1) is 22.0. The fourth-order valence-electron chi connectivity index (χ4n) is 3.84. The molecule has 1 N–H and O–H groups in total. The van der Waals surface area contributed by atoms with E-state index in [2.05, 4.69) is 61.9 Å². The van der Waals surface area contributed by atoms with E-state index in [-0.39, 0.29) is 23.4 Å². The van der Waals surface area contributed by atoms with Crippen molar-refractivity contribution in [1.29, 1.82) is 0 Å². The number of aliphatic hydroxyl groups is 1. The number of benzene rings is 1. The fraction of sp³-hybridized carbons (Fsp3) is 0.609. The second-order valence-corrected chi connectivity index (χ2v) is 9.33. The number of methoxy groups -OCH3 is 1. The van der Waals surface area contributed by atoms with E-state index in [9.17, 15) is 9.90 Å². The number of hydrogen-bond acceptors (Lipinski definition) is 3. The molecule has 3 nitrogen and oxygen atoms in total. The molecule has 0 heterocycles. The van der Waals surface area contributed by atoms with Crippen molar-refractivity contribution < 1.29 is 14.6 Å². The van der Waals surface area contributed by atoms with Gasteiger partial charge in [0.1, 0.15) is 0 Å². The molecule has 2 rings (SSSR count). The molecular weight excluding hydrogens is 360 g/mol. The minimum Gasteiger partial charge on any atom is -0.469 e. The molecule has 0 bridgehead atoms. The lowest BCUT2D eigenvalue weighted by molar-refractivity contribution is -0.140. The minimum atomic E-state index is -0.522. The molecule has 0 amide bonds. The number of allylic oxidation sites excluding steroid dienone is 2. The standard InChI is InChI=1S/C23H33ClO3/c1-22(2,3)17-11-13-18(14-12-17)23(24)16-20(25)15-19(23)9-7-5-6-8-10-21(26)27-4/h5,7,11-14,19-20,25H,6,8-10,15-16H2,1-4H3/b7-5-. The van der Waals surface area contributed by atoms with Crippen molar-refractivity contribution in [2.24, 2.45) is 5.92 Å². The lowest BCUT2D eigenvalue weighted by Crippen LogP contribution is -2.24. The molecule has 0 spiro atoms. The van der Waals surface area contributed by atoms with Gasteiger partial charge in [0.05, 0.1) is 18.1 Å². The van der Waals surface area contributed by atoms with Crippen molar-refractivity contribution in [3.63, 3.8) is 0 Å². The van der Waals surface area contributed by atoms with Crippen LogP contribution in [0.5, 0.6) is 0 Å². The molecule has 3 unspecified atom stereocenters. The molecule has 1 aliphatic carbocycles. The van der Waals surface area contributed by atoms with Crippen LogP contribution in [-0.4, -0.2) is 24.3 Å². The van der Waals surface area contributed by atoms with Crippen LogP contribution in [0, 0.1) is 5.92 Å². The topological polar surface area (TPSA) is 46.5 Å². The Hall–Kier alpha value is -1.32. The van der Waals surface area contributed by atoms with Gasteiger partial charge >= 0.3 is 5.97 Å². The SMILES string of the molecule is COC(=O)CCC/C=C\CC1CC(O)CC1(Cl)c1ccc(C(C)(C)C)cc1. The lowest BCUT2D eigenvalue weighted by Gasteiger charge is -2.30. The molecule has 1 aliphatic rings. The van der Waals surface area contributed by atoms with Gasteiger partial charge in [-0.05, 0) is 54.6 Å². The Labute approximate surface area is 168 Å². The maximum atomic E-state index is 11.1. The Morgan fingerprint density at radius 3 is 2.56 bits per heavy atom. The second kappa shape index (κ2) is 9.25. The number of halogens is 1. The van der Waals surface area contributed by atoms with Crippen LogP contribution in [0.4, 0.5) is 0 Å². The van der Waals surface area contributed by atoms with E-state index >= 15 is 0 Å². The van der Waals surface area contributed by atoms with Crippen LogP contribution >= 0.6 is 11.6 Å². The highest BCUT2D eigenvalue weighted by molar-refractivity contribution is 6.24. The second-order valence-electron chi connectivity index (χ2n) is 8.66. The molecular formula is C23H33ClO3. The van der Waals surface area contributed by atoms with Crippen LogP contribution in [0.15, 0.2) is 36.4 Å². The number of rotatable bonds is 7. The maximum absolute atomic E-state index is 11.1. The Balaban J connectivity index is 2.00. The van der Waals surface area contributed by atoms with E-state index in [1.165, 1.54) is 12.7 Å². The van der Waals surface area contributed by atoms with Crippen molar-refractivity contribution in [3.05, 3.63) is 47.5 Å². The Kier molecular flexibility index (Phi) is 7.53. The zero-order valence-corrected chi connectivity index (χ0v) is 17.8. The van der Waals surface area contributed by atoms with Crippen LogP contribution in [0.2, 0.25) is 0 Å². The third-order valence-corrected chi connectivity index (χ3v) is 6.21. The van der Waals surface area contributed by atoms with Crippen molar-refractivity contribution in [2.75, 3.05) is 7.11 Å². The lowest BCUT2D eigenvalue weighted by atomic mass is 9.82. The average Bonchev–Trinajstić information content (AvgIpc) is 2.91. The number of esters is 1. The summed E-state index contributed by atoms with van der Waals surface area (Å²) >= 11 is 7.07. The van der Waals surface area contributed by atoms with E-state index in [1.807, 2.05) is 0 Å². The highest BCUT2D eigenvalue weighted by atomic mass is 35.5. The molecule has 1 aromatic rings. The van der Waals surface area contributed by atoms with Crippen molar-refractivity contribution in [1.82, 2.24) is 0 Å². The molecule has 27 heavy (non-hydrogen) atoms. The quantitative estimate of drug-likeness (QED) is 0.289. The summed E-state index contributed by atoms with van der Waals surface area (Å²) in [5.74, 6) is 0.0345. The third kappa shape index (κ3) is 5.83. The van der Waals surface area contributed by atoms with E-state index in [0.717, 1.165) is 31.2 Å². The van der Waals surface area contributed by atoms with Crippen LogP contribution in [0.25, 0.3) is 0 Å². The summed E-state index contributed by atoms with van der Waals surface area (Å²) < 4.78 is 4.65. The molecule has 0 saturated heterocycles. The Morgan fingerprint density at radius 2 is 1.96 bits per heavy atom. The van der Waals surface area contributed by atoms with Gasteiger partial charge in [-0.15, -0.1) is 11.6 Å². The van der Waals surface area contributed by atoms with Crippen LogP contribution in [0.3, 0.4) is 0 Å². The summed E-state index contributed by atoms with van der Waals surface area (Å²) in [7, 11) is 1.41. The van der Waals surface area contributed by atoms with Crippen LogP contribution in [0.1, 0.15) is 70.4 Å². The van der Waals surface area contributed by atoms with Crippen molar-refractivity contribution in [2.45, 2.75) is 75.7 Å². The minimum absolute atomic E-state index is 0.111. The van der Waals surface area contributed by atoms with Gasteiger partial charge in [-0.3, -0.25) is 4.79 Å². The van der Waals surface area contributed by atoms with Gasteiger partial charge in [-0.2, -0.15) is 0 Å². The molecule has 4 heteroatoms. The third-order valence-electron chi connectivity index (χ3n) is 5.53. The first-order valence-corrected chi connectivity index (χ1v) is 10.2. The van der Waals surface area contributed by atoms with Gasteiger partial charge in [-0.1, -0.05) is 57.2 Å². The molecule has 1 aromatic carbocycles. The molecule has 150 valence electrons. The number of alkyl halides is 1. The summed E-state index contributed by atoms with van der Waals surface area (Å²) in [6.45, 7) is 6.60. The highest BCUT2D eigenvalue weighted by Gasteiger charge is 2.46. The number of carbonyl (C=O) groups is 1. The van der Waals surface area contributed by atoms with Crippen LogP contribution < -0.4 is 0 Å². The van der Waals surface area contributed by atoms with Gasteiger partial charge in [-0.25, -0.2) is 0 Å². The van der Waals surface area contributed by atoms with E-state index < -0.39 is 4.87 Å². The molecule has 1 fully saturated rings. The van der Waals surface area contributed by atoms with Crippen LogP contribution in [-0.2, 0) is 19.8 Å². The molecule has 0 aliphatic heterocycles. The Morgan fingerprint density at radius 1 is 1.30 bits per heavy atom. The van der Waals surface area contributed by atoms with Crippen molar-refractivity contribution >= 4 is 17.6 Å². The number of aliphatic hydroxyl groups excluding tert-OH is 1. The van der Waals surface area contributed by atoms with Gasteiger partial charge in [0.15, 0.2) is 0 Å². The highest BCUT2D eigenvalue weighted by Crippen LogP contribution is 2.51. The predicted octanol–water partition coefficient (Wildman–Crippen LogP) is 5.48. The maximum Gasteiger partial charge on any atom is 0.305 e. The molecule has 1 saturated carbocycles. The number of ether oxygens (including phenoxy) is 1. The fourth-order valence-corrected chi connectivity index (χ4v) is 4.32. The predicted molar refractivity (Wildman–Crippen MR) is 111 cm³/mol. The number of hydrogen-bond donors (Lipinski definition) is 1. The van der Waals surface area contributed by atoms with Gasteiger partial charge < -0.3 is 9.84 Å².